The van der Waals surface area contributed by atoms with E-state index in [4.69, 9.17) is 15.0 Å². The van der Waals surface area contributed by atoms with Gasteiger partial charge in [0.1, 0.15) is 12.4 Å². The van der Waals surface area contributed by atoms with Gasteiger partial charge < -0.3 is 20.1 Å². The number of aliphatic hydroxyl groups excluding tert-OH is 1. The molecule has 0 saturated heterocycles. The van der Waals surface area contributed by atoms with Crippen molar-refractivity contribution in [2.75, 3.05) is 6.61 Å². The number of hydrogen-bond donors (Lipinski definition) is 2. The molecule has 1 aromatic rings. The Labute approximate surface area is 185 Å². The van der Waals surface area contributed by atoms with Crippen LogP contribution in [0.4, 0.5) is 0 Å². The van der Waals surface area contributed by atoms with Gasteiger partial charge in [0.15, 0.2) is 5.89 Å². The van der Waals surface area contributed by atoms with Crippen molar-refractivity contribution in [3.8, 4) is 0 Å². The van der Waals surface area contributed by atoms with Crippen LogP contribution in [0.15, 0.2) is 27.4 Å². The van der Waals surface area contributed by atoms with E-state index in [1.54, 1.807) is 11.8 Å². The summed E-state index contributed by atoms with van der Waals surface area (Å²) < 4.78 is 5.51. The molecule has 6 nitrogen and oxygen atoms in total. The Balaban J connectivity index is 1.24. The van der Waals surface area contributed by atoms with Crippen LogP contribution >= 0.6 is 0 Å². The van der Waals surface area contributed by atoms with Crippen molar-refractivity contribution in [1.29, 1.82) is 0 Å². The molecule has 1 heterocycles. The summed E-state index contributed by atoms with van der Waals surface area (Å²) in [5.41, 5.74) is 8.64. The van der Waals surface area contributed by atoms with Crippen LogP contribution in [-0.2, 0) is 17.8 Å². The number of aliphatic hydroxyl groups is 1. The minimum absolute atomic E-state index is 0.0938. The highest BCUT2D eigenvalue weighted by Crippen LogP contribution is 2.65. The van der Waals surface area contributed by atoms with E-state index in [0.717, 1.165) is 43.2 Å². The Morgan fingerprint density at radius 3 is 2.87 bits per heavy atom. The SMILES string of the molecule is C[C@]12CCC(=NOCCc3ncc(CN)o3)C=C1CCC1C2CC[C@@]2(C)C1CC[C@@H]2O. The minimum Gasteiger partial charge on any atom is -0.444 e. The largest absolute Gasteiger partial charge is 0.444 e. The number of allylic oxidation sites excluding steroid dienone is 2. The van der Waals surface area contributed by atoms with E-state index in [-0.39, 0.29) is 16.9 Å². The topological polar surface area (TPSA) is 93.9 Å². The molecule has 4 aliphatic rings. The fraction of sp³-hybridized carbons (Fsp3) is 0.760. The Morgan fingerprint density at radius 2 is 2.06 bits per heavy atom. The third kappa shape index (κ3) is 3.56. The number of aromatic nitrogens is 1. The van der Waals surface area contributed by atoms with Gasteiger partial charge in [-0.2, -0.15) is 0 Å². The highest BCUT2D eigenvalue weighted by Gasteiger charge is 2.58. The first-order valence-corrected chi connectivity index (χ1v) is 12.2. The maximum atomic E-state index is 10.6. The summed E-state index contributed by atoms with van der Waals surface area (Å²) in [6, 6.07) is 0. The predicted octanol–water partition coefficient (Wildman–Crippen LogP) is 4.37. The van der Waals surface area contributed by atoms with Crippen LogP contribution in [0.5, 0.6) is 0 Å². The highest BCUT2D eigenvalue weighted by atomic mass is 16.6. The Morgan fingerprint density at radius 1 is 1.19 bits per heavy atom. The van der Waals surface area contributed by atoms with Gasteiger partial charge in [-0.05, 0) is 86.0 Å². The quantitative estimate of drug-likeness (QED) is 0.537. The van der Waals surface area contributed by atoms with Gasteiger partial charge in [-0.25, -0.2) is 4.98 Å². The van der Waals surface area contributed by atoms with Crippen LogP contribution in [0.25, 0.3) is 0 Å². The van der Waals surface area contributed by atoms with Crippen LogP contribution in [0.2, 0.25) is 0 Å². The van der Waals surface area contributed by atoms with Crippen LogP contribution in [0.1, 0.15) is 76.9 Å². The normalized spacial score (nSPS) is 40.8. The molecular weight excluding hydrogens is 390 g/mol. The summed E-state index contributed by atoms with van der Waals surface area (Å²) in [6.07, 6.45) is 13.7. The third-order valence-corrected chi connectivity index (χ3v) is 9.32. The molecule has 0 aromatic carbocycles. The van der Waals surface area contributed by atoms with Gasteiger partial charge in [0.05, 0.1) is 31.0 Å². The summed E-state index contributed by atoms with van der Waals surface area (Å²) in [6.45, 7) is 5.68. The van der Waals surface area contributed by atoms with Gasteiger partial charge in [0.25, 0.3) is 0 Å². The van der Waals surface area contributed by atoms with E-state index in [2.05, 4.69) is 30.1 Å². The molecule has 5 rings (SSSR count). The second-order valence-corrected chi connectivity index (χ2v) is 10.7. The van der Waals surface area contributed by atoms with Crippen LogP contribution in [0, 0.1) is 28.6 Å². The van der Waals surface area contributed by atoms with Crippen molar-refractivity contribution in [3.05, 3.63) is 29.5 Å². The summed E-state index contributed by atoms with van der Waals surface area (Å²) in [4.78, 5) is 9.81. The van der Waals surface area contributed by atoms with E-state index in [1.165, 1.54) is 25.7 Å². The Bertz CT molecular complexity index is 877. The molecule has 0 radical (unpaired) electrons. The van der Waals surface area contributed by atoms with Crippen molar-refractivity contribution in [2.45, 2.75) is 84.3 Å². The number of oxime groups is 1. The summed E-state index contributed by atoms with van der Waals surface area (Å²) >= 11 is 0. The van der Waals surface area contributed by atoms with E-state index >= 15 is 0 Å². The first kappa shape index (κ1) is 21.2. The van der Waals surface area contributed by atoms with E-state index < -0.39 is 0 Å². The van der Waals surface area contributed by atoms with Crippen LogP contribution < -0.4 is 5.73 Å². The fourth-order valence-electron chi connectivity index (χ4n) is 7.43. The standard InChI is InChI=1S/C25H37N3O3/c1-24-10-7-17(28-30-12-9-23-27-15-18(14-26)31-23)13-16(24)3-4-19-20-5-6-22(29)25(20,2)11-8-21(19)24/h13,15,19-22,29H,3-12,14,26H2,1-2H3/t19?,20?,21?,22-,24-,25-/m0/s1. The molecule has 0 amide bonds. The van der Waals surface area contributed by atoms with E-state index in [1.807, 2.05) is 0 Å². The zero-order valence-electron chi connectivity index (χ0n) is 19.0. The lowest BCUT2D eigenvalue weighted by molar-refractivity contribution is -0.0722. The first-order valence-electron chi connectivity index (χ1n) is 12.2. The van der Waals surface area contributed by atoms with Gasteiger partial charge in [0.2, 0.25) is 0 Å². The number of hydrogen-bond acceptors (Lipinski definition) is 6. The lowest BCUT2D eigenvalue weighted by Crippen LogP contribution is -2.51. The number of fused-ring (bicyclic) bond motifs is 5. The fourth-order valence-corrected chi connectivity index (χ4v) is 7.43. The number of nitrogens with two attached hydrogens (primary N) is 1. The summed E-state index contributed by atoms with van der Waals surface area (Å²) in [5, 5.41) is 15.1. The van der Waals surface area contributed by atoms with E-state index in [0.29, 0.717) is 37.1 Å². The van der Waals surface area contributed by atoms with Crippen molar-refractivity contribution < 1.29 is 14.4 Å². The van der Waals surface area contributed by atoms with Crippen molar-refractivity contribution >= 4 is 5.71 Å². The average molecular weight is 428 g/mol. The average Bonchev–Trinajstić information content (AvgIpc) is 3.35. The number of nitrogens with zero attached hydrogens (tertiary/aromatic N) is 2. The maximum absolute atomic E-state index is 10.6. The second kappa shape index (κ2) is 8.04. The van der Waals surface area contributed by atoms with Crippen LogP contribution in [-0.4, -0.2) is 28.5 Å². The molecule has 4 aliphatic carbocycles. The molecule has 6 atom stereocenters. The molecule has 31 heavy (non-hydrogen) atoms. The van der Waals surface area contributed by atoms with Crippen molar-refractivity contribution in [2.24, 2.45) is 39.5 Å². The molecule has 6 heteroatoms. The second-order valence-electron chi connectivity index (χ2n) is 10.7. The third-order valence-electron chi connectivity index (χ3n) is 9.32. The zero-order chi connectivity index (χ0) is 21.6. The molecular formula is C25H37N3O3. The van der Waals surface area contributed by atoms with Crippen LogP contribution in [0.3, 0.4) is 0 Å². The maximum Gasteiger partial charge on any atom is 0.197 e. The summed E-state index contributed by atoms with van der Waals surface area (Å²) in [7, 11) is 0. The lowest BCUT2D eigenvalue weighted by atomic mass is 9.47. The van der Waals surface area contributed by atoms with Gasteiger partial charge in [0, 0.05) is 0 Å². The Kier molecular flexibility index (Phi) is 5.50. The van der Waals surface area contributed by atoms with Gasteiger partial charge >= 0.3 is 0 Å². The van der Waals surface area contributed by atoms with E-state index in [9.17, 15) is 5.11 Å². The lowest BCUT2D eigenvalue weighted by Gasteiger charge is -2.57. The molecule has 1 aromatic heterocycles. The molecule has 3 unspecified atom stereocenters. The monoisotopic (exact) mass is 427 g/mol. The molecule has 3 fully saturated rings. The molecule has 0 aliphatic heterocycles. The van der Waals surface area contributed by atoms with Gasteiger partial charge in [-0.3, -0.25) is 0 Å². The molecule has 170 valence electrons. The Hall–Kier alpha value is -1.66. The van der Waals surface area contributed by atoms with Gasteiger partial charge in [-0.1, -0.05) is 24.6 Å². The summed E-state index contributed by atoms with van der Waals surface area (Å²) in [5.74, 6) is 3.57. The van der Waals surface area contributed by atoms with Gasteiger partial charge in [-0.15, -0.1) is 0 Å². The molecule has 3 N–H and O–H groups in total. The first-order chi connectivity index (χ1) is 14.9. The smallest absolute Gasteiger partial charge is 0.197 e. The molecule has 0 bridgehead atoms. The number of rotatable bonds is 5. The number of oxazole rings is 1. The highest BCUT2D eigenvalue weighted by molar-refractivity contribution is 5.96. The molecule has 3 saturated carbocycles. The minimum atomic E-state index is -0.0938. The predicted molar refractivity (Wildman–Crippen MR) is 119 cm³/mol. The zero-order valence-corrected chi connectivity index (χ0v) is 19.0. The van der Waals surface area contributed by atoms with Crippen molar-refractivity contribution in [1.82, 2.24) is 4.98 Å². The van der Waals surface area contributed by atoms with Crippen molar-refractivity contribution in [3.63, 3.8) is 0 Å². The molecule has 0 spiro atoms.